The smallest absolute Gasteiger partial charge is 0.264 e. The van der Waals surface area contributed by atoms with Gasteiger partial charge in [0, 0.05) is 19.1 Å². The fourth-order valence-electron chi connectivity index (χ4n) is 3.13. The Morgan fingerprint density at radius 3 is 2.68 bits per heavy atom. The van der Waals surface area contributed by atoms with Crippen molar-refractivity contribution < 1.29 is 4.79 Å². The zero-order valence-electron chi connectivity index (χ0n) is 11.0. The Labute approximate surface area is 126 Å². The first kappa shape index (κ1) is 13.6. The third-order valence-corrected chi connectivity index (χ3v) is 5.74. The van der Waals surface area contributed by atoms with Gasteiger partial charge in [0.05, 0.1) is 8.66 Å². The molecule has 2 aliphatic rings. The topological polar surface area (TPSA) is 23.6 Å². The minimum Gasteiger partial charge on any atom is -0.336 e. The van der Waals surface area contributed by atoms with Crippen LogP contribution in [-0.4, -0.2) is 47.9 Å². The van der Waals surface area contributed by atoms with Gasteiger partial charge in [-0.05, 0) is 66.8 Å². The SMILES string of the molecule is O=C(c1ccc(Br)s1)N1CCCC(N2CCCC2)C1. The van der Waals surface area contributed by atoms with Crippen molar-refractivity contribution in [2.45, 2.75) is 31.7 Å². The van der Waals surface area contributed by atoms with E-state index >= 15 is 0 Å². The monoisotopic (exact) mass is 342 g/mol. The molecule has 0 aromatic carbocycles. The van der Waals surface area contributed by atoms with Gasteiger partial charge in [-0.1, -0.05) is 0 Å². The fourth-order valence-corrected chi connectivity index (χ4v) is 4.48. The normalized spacial score (nSPS) is 24.9. The number of hydrogen-bond acceptors (Lipinski definition) is 3. The molecule has 3 heterocycles. The largest absolute Gasteiger partial charge is 0.336 e. The highest BCUT2D eigenvalue weighted by Crippen LogP contribution is 2.26. The van der Waals surface area contributed by atoms with Crippen molar-refractivity contribution >= 4 is 33.2 Å². The molecule has 3 nitrogen and oxygen atoms in total. The summed E-state index contributed by atoms with van der Waals surface area (Å²) in [6.45, 7) is 4.27. The van der Waals surface area contributed by atoms with Crippen LogP contribution in [0.4, 0.5) is 0 Å². The number of carbonyl (C=O) groups excluding carboxylic acids is 1. The quantitative estimate of drug-likeness (QED) is 0.823. The Hall–Kier alpha value is -0.390. The summed E-state index contributed by atoms with van der Waals surface area (Å²) in [4.78, 5) is 17.9. The van der Waals surface area contributed by atoms with E-state index in [0.29, 0.717) is 6.04 Å². The molecule has 2 saturated heterocycles. The molecule has 0 radical (unpaired) electrons. The van der Waals surface area contributed by atoms with Gasteiger partial charge >= 0.3 is 0 Å². The standard InChI is InChI=1S/C14H19BrN2OS/c15-13-6-5-12(19-13)14(18)17-9-3-4-11(10-17)16-7-1-2-8-16/h5-6,11H,1-4,7-10H2. The fraction of sp³-hybridized carbons (Fsp3) is 0.643. The molecule has 1 amide bonds. The average molecular weight is 343 g/mol. The first-order valence-electron chi connectivity index (χ1n) is 7.03. The molecule has 0 bridgehead atoms. The van der Waals surface area contributed by atoms with E-state index in [-0.39, 0.29) is 5.91 Å². The molecule has 1 aromatic rings. The van der Waals surface area contributed by atoms with E-state index in [1.54, 1.807) is 0 Å². The lowest BCUT2D eigenvalue weighted by atomic mass is 10.0. The Kier molecular flexibility index (Phi) is 4.24. The van der Waals surface area contributed by atoms with Crippen LogP contribution in [0, 0.1) is 0 Å². The van der Waals surface area contributed by atoms with E-state index in [4.69, 9.17) is 0 Å². The highest BCUT2D eigenvalue weighted by molar-refractivity contribution is 9.11. The second-order valence-corrected chi connectivity index (χ2v) is 7.86. The van der Waals surface area contributed by atoms with Gasteiger partial charge in [0.1, 0.15) is 0 Å². The maximum absolute atomic E-state index is 12.5. The van der Waals surface area contributed by atoms with E-state index in [0.717, 1.165) is 28.2 Å². The van der Waals surface area contributed by atoms with Gasteiger partial charge < -0.3 is 4.90 Å². The zero-order chi connectivity index (χ0) is 13.2. The molecule has 0 N–H and O–H groups in total. The number of piperidine rings is 1. The van der Waals surface area contributed by atoms with E-state index in [2.05, 4.69) is 20.8 Å². The first-order chi connectivity index (χ1) is 9.24. The molecule has 104 valence electrons. The second-order valence-electron chi connectivity index (χ2n) is 5.39. The van der Waals surface area contributed by atoms with Gasteiger partial charge in [-0.2, -0.15) is 0 Å². The molecule has 0 saturated carbocycles. The average Bonchev–Trinajstić information content (AvgIpc) is 3.09. The predicted molar refractivity (Wildman–Crippen MR) is 81.8 cm³/mol. The number of likely N-dealkylation sites (tertiary alicyclic amines) is 2. The van der Waals surface area contributed by atoms with Crippen LogP contribution in [-0.2, 0) is 0 Å². The molecule has 1 atom stereocenters. The number of rotatable bonds is 2. The second kappa shape index (κ2) is 5.94. The van der Waals surface area contributed by atoms with Gasteiger partial charge in [-0.3, -0.25) is 9.69 Å². The Balaban J connectivity index is 1.65. The van der Waals surface area contributed by atoms with E-state index in [1.165, 1.54) is 43.7 Å². The van der Waals surface area contributed by atoms with Crippen LogP contribution in [0.1, 0.15) is 35.4 Å². The number of carbonyl (C=O) groups is 1. The van der Waals surface area contributed by atoms with Crippen LogP contribution in [0.3, 0.4) is 0 Å². The predicted octanol–water partition coefficient (Wildman–Crippen LogP) is 3.21. The highest BCUT2D eigenvalue weighted by atomic mass is 79.9. The third-order valence-electron chi connectivity index (χ3n) is 4.12. The molecule has 2 aliphatic heterocycles. The lowest BCUT2D eigenvalue weighted by Gasteiger charge is -2.37. The summed E-state index contributed by atoms with van der Waals surface area (Å²) in [5, 5.41) is 0. The zero-order valence-corrected chi connectivity index (χ0v) is 13.4. The van der Waals surface area contributed by atoms with Gasteiger partial charge in [-0.25, -0.2) is 0 Å². The summed E-state index contributed by atoms with van der Waals surface area (Å²) in [5.74, 6) is 0.208. The van der Waals surface area contributed by atoms with E-state index < -0.39 is 0 Å². The van der Waals surface area contributed by atoms with E-state index in [9.17, 15) is 4.79 Å². The van der Waals surface area contributed by atoms with Crippen LogP contribution in [0.15, 0.2) is 15.9 Å². The molecule has 5 heteroatoms. The first-order valence-corrected chi connectivity index (χ1v) is 8.63. The summed E-state index contributed by atoms with van der Waals surface area (Å²) >= 11 is 4.96. The third kappa shape index (κ3) is 3.03. The molecule has 0 spiro atoms. The maximum atomic E-state index is 12.5. The molecule has 1 aromatic heterocycles. The summed E-state index contributed by atoms with van der Waals surface area (Å²) in [6.07, 6.45) is 5.03. The Bertz CT molecular complexity index is 456. The van der Waals surface area contributed by atoms with Crippen molar-refractivity contribution in [3.63, 3.8) is 0 Å². The van der Waals surface area contributed by atoms with Crippen LogP contribution in [0.5, 0.6) is 0 Å². The molecule has 0 aliphatic carbocycles. The van der Waals surface area contributed by atoms with Crippen LogP contribution in [0.2, 0.25) is 0 Å². The summed E-state index contributed by atoms with van der Waals surface area (Å²) < 4.78 is 1.03. The van der Waals surface area contributed by atoms with Gasteiger partial charge in [0.25, 0.3) is 5.91 Å². The Morgan fingerprint density at radius 2 is 2.00 bits per heavy atom. The minimum absolute atomic E-state index is 0.208. The molecule has 1 unspecified atom stereocenters. The summed E-state index contributed by atoms with van der Waals surface area (Å²) in [5.41, 5.74) is 0. The van der Waals surface area contributed by atoms with Gasteiger partial charge in [-0.15, -0.1) is 11.3 Å². The van der Waals surface area contributed by atoms with Crippen molar-refractivity contribution in [2.75, 3.05) is 26.2 Å². The highest BCUT2D eigenvalue weighted by Gasteiger charge is 2.29. The molecule has 2 fully saturated rings. The summed E-state index contributed by atoms with van der Waals surface area (Å²) in [7, 11) is 0. The van der Waals surface area contributed by atoms with Crippen molar-refractivity contribution in [1.82, 2.24) is 9.80 Å². The van der Waals surface area contributed by atoms with Crippen LogP contribution < -0.4 is 0 Å². The van der Waals surface area contributed by atoms with Crippen molar-refractivity contribution in [3.8, 4) is 0 Å². The number of hydrogen-bond donors (Lipinski definition) is 0. The summed E-state index contributed by atoms with van der Waals surface area (Å²) in [6, 6.07) is 4.47. The van der Waals surface area contributed by atoms with Crippen molar-refractivity contribution in [1.29, 1.82) is 0 Å². The van der Waals surface area contributed by atoms with E-state index in [1.807, 2.05) is 17.0 Å². The lowest BCUT2D eigenvalue weighted by Crippen LogP contribution is -2.48. The van der Waals surface area contributed by atoms with Crippen LogP contribution in [0.25, 0.3) is 0 Å². The molecular formula is C14H19BrN2OS. The number of amides is 1. The minimum atomic E-state index is 0.208. The number of thiophene rings is 1. The van der Waals surface area contributed by atoms with Gasteiger partial charge in [0.15, 0.2) is 0 Å². The lowest BCUT2D eigenvalue weighted by molar-refractivity contribution is 0.0612. The molecule has 3 rings (SSSR count). The number of halogens is 1. The van der Waals surface area contributed by atoms with Crippen LogP contribution >= 0.6 is 27.3 Å². The Morgan fingerprint density at radius 1 is 1.21 bits per heavy atom. The molecule has 19 heavy (non-hydrogen) atoms. The molecular weight excluding hydrogens is 324 g/mol. The number of nitrogens with zero attached hydrogens (tertiary/aromatic N) is 2. The van der Waals surface area contributed by atoms with Crippen molar-refractivity contribution in [2.24, 2.45) is 0 Å². The van der Waals surface area contributed by atoms with Gasteiger partial charge in [0.2, 0.25) is 0 Å². The maximum Gasteiger partial charge on any atom is 0.264 e. The van der Waals surface area contributed by atoms with Crippen molar-refractivity contribution in [3.05, 3.63) is 20.8 Å².